The summed E-state index contributed by atoms with van der Waals surface area (Å²) in [5.41, 5.74) is 10.6. The monoisotopic (exact) mass is 673 g/mol. The zero-order valence-corrected chi connectivity index (χ0v) is 29.2. The van der Waals surface area contributed by atoms with Gasteiger partial charge in [0.25, 0.3) is 0 Å². The number of anilines is 3. The van der Waals surface area contributed by atoms with Gasteiger partial charge in [0.2, 0.25) is 0 Å². The van der Waals surface area contributed by atoms with Crippen molar-refractivity contribution in [3.8, 4) is 33.4 Å². The molecule has 1 nitrogen and oxygen atoms in total. The van der Waals surface area contributed by atoms with Crippen LogP contribution in [0.1, 0.15) is 0 Å². The van der Waals surface area contributed by atoms with Gasteiger partial charge >= 0.3 is 0 Å². The highest BCUT2D eigenvalue weighted by molar-refractivity contribution is 6.27. The predicted molar refractivity (Wildman–Crippen MR) is 227 cm³/mol. The molecule has 0 heterocycles. The molecule has 53 heavy (non-hydrogen) atoms. The van der Waals surface area contributed by atoms with Crippen molar-refractivity contribution in [1.82, 2.24) is 0 Å². The Balaban J connectivity index is 1.04. The maximum atomic E-state index is 2.39. The second-order valence-corrected chi connectivity index (χ2v) is 13.8. The van der Waals surface area contributed by atoms with Crippen LogP contribution in [-0.4, -0.2) is 0 Å². The fourth-order valence-corrected chi connectivity index (χ4v) is 7.95. The first-order valence-electron chi connectivity index (χ1n) is 18.3. The summed E-state index contributed by atoms with van der Waals surface area (Å²) in [4.78, 5) is 2.34. The Kier molecular flexibility index (Phi) is 7.55. The highest BCUT2D eigenvalue weighted by atomic mass is 15.1. The molecule has 0 radical (unpaired) electrons. The number of hydrogen-bond acceptors (Lipinski definition) is 1. The fraction of sp³-hybridized carbons (Fsp3) is 0. The lowest BCUT2D eigenvalue weighted by atomic mass is 9.91. The van der Waals surface area contributed by atoms with Gasteiger partial charge in [-0.2, -0.15) is 0 Å². The second kappa shape index (κ2) is 13.0. The number of nitrogens with zero attached hydrogens (tertiary/aromatic N) is 1. The molecule has 0 saturated carbocycles. The van der Waals surface area contributed by atoms with E-state index >= 15 is 0 Å². The molecular formula is C52H35N. The normalized spacial score (nSPS) is 11.4. The van der Waals surface area contributed by atoms with Crippen molar-refractivity contribution < 1.29 is 0 Å². The Morgan fingerprint density at radius 2 is 0.528 bits per heavy atom. The van der Waals surface area contributed by atoms with Crippen molar-refractivity contribution >= 4 is 60.2 Å². The second-order valence-electron chi connectivity index (χ2n) is 13.8. The molecule has 1 heteroatoms. The van der Waals surface area contributed by atoms with Crippen molar-refractivity contribution in [1.29, 1.82) is 0 Å². The van der Waals surface area contributed by atoms with Crippen LogP contribution < -0.4 is 4.90 Å². The average Bonchev–Trinajstić information content (AvgIpc) is 3.24. The summed E-state index contributed by atoms with van der Waals surface area (Å²) >= 11 is 0. The number of benzene rings is 10. The molecule has 0 unspecified atom stereocenters. The SMILES string of the molecule is c1ccc(-c2ccc(N(c3ccc(-c4ccccc4)cc3)c3ccc(-c4ccc5cc6c7ccccc7c7ccccc7c6cc5c4)cc3)cc2)cc1. The van der Waals surface area contributed by atoms with Crippen molar-refractivity contribution in [3.63, 3.8) is 0 Å². The molecule has 0 bridgehead atoms. The van der Waals surface area contributed by atoms with Gasteiger partial charge in [0, 0.05) is 17.1 Å². The van der Waals surface area contributed by atoms with E-state index in [1.54, 1.807) is 0 Å². The van der Waals surface area contributed by atoms with E-state index in [1.807, 2.05) is 0 Å². The largest absolute Gasteiger partial charge is 0.311 e. The molecular weight excluding hydrogens is 639 g/mol. The van der Waals surface area contributed by atoms with Crippen LogP contribution in [0.4, 0.5) is 17.1 Å². The van der Waals surface area contributed by atoms with Crippen molar-refractivity contribution in [3.05, 3.63) is 212 Å². The Labute approximate surface area is 309 Å². The topological polar surface area (TPSA) is 3.24 Å². The molecule has 248 valence electrons. The van der Waals surface area contributed by atoms with E-state index in [2.05, 4.69) is 217 Å². The minimum absolute atomic E-state index is 1.11. The van der Waals surface area contributed by atoms with Crippen LogP contribution in [0.3, 0.4) is 0 Å². The van der Waals surface area contributed by atoms with Crippen molar-refractivity contribution in [2.24, 2.45) is 0 Å². The van der Waals surface area contributed by atoms with Gasteiger partial charge in [-0.05, 0) is 131 Å². The van der Waals surface area contributed by atoms with Crippen LogP contribution in [0.5, 0.6) is 0 Å². The number of fused-ring (bicyclic) bond motifs is 7. The van der Waals surface area contributed by atoms with E-state index in [0.717, 1.165) is 17.1 Å². The average molecular weight is 674 g/mol. The van der Waals surface area contributed by atoms with Crippen LogP contribution >= 0.6 is 0 Å². The first-order valence-corrected chi connectivity index (χ1v) is 18.3. The van der Waals surface area contributed by atoms with Gasteiger partial charge in [0.15, 0.2) is 0 Å². The third kappa shape index (κ3) is 5.60. The molecule has 0 aliphatic rings. The predicted octanol–water partition coefficient (Wildman–Crippen LogP) is 14.8. The zero-order valence-electron chi connectivity index (χ0n) is 29.2. The summed E-state index contributed by atoms with van der Waals surface area (Å²) in [6.45, 7) is 0. The van der Waals surface area contributed by atoms with Crippen molar-refractivity contribution in [2.75, 3.05) is 4.90 Å². The third-order valence-electron chi connectivity index (χ3n) is 10.6. The third-order valence-corrected chi connectivity index (χ3v) is 10.6. The van der Waals surface area contributed by atoms with Gasteiger partial charge in [-0.3, -0.25) is 0 Å². The van der Waals surface area contributed by atoms with Gasteiger partial charge in [0.1, 0.15) is 0 Å². The summed E-state index contributed by atoms with van der Waals surface area (Å²) < 4.78 is 0. The maximum Gasteiger partial charge on any atom is 0.0462 e. The van der Waals surface area contributed by atoms with Crippen LogP contribution in [0, 0.1) is 0 Å². The fourth-order valence-electron chi connectivity index (χ4n) is 7.95. The van der Waals surface area contributed by atoms with Gasteiger partial charge in [-0.25, -0.2) is 0 Å². The quantitative estimate of drug-likeness (QED) is 0.125. The molecule has 0 aromatic heterocycles. The summed E-state index contributed by atoms with van der Waals surface area (Å²) in [5.74, 6) is 0. The lowest BCUT2D eigenvalue weighted by Gasteiger charge is -2.26. The molecule has 0 amide bonds. The van der Waals surface area contributed by atoms with E-state index in [1.165, 1.54) is 76.5 Å². The van der Waals surface area contributed by atoms with E-state index in [9.17, 15) is 0 Å². The molecule has 10 aromatic rings. The van der Waals surface area contributed by atoms with E-state index in [4.69, 9.17) is 0 Å². The van der Waals surface area contributed by atoms with Gasteiger partial charge < -0.3 is 4.90 Å². The van der Waals surface area contributed by atoms with Crippen molar-refractivity contribution in [2.45, 2.75) is 0 Å². The standard InChI is InChI=1S/C52H35N/c1-3-11-36(12-4-1)38-21-27-44(28-22-38)53(45-29-23-39(24-30-45)37-13-5-2-6-14-37)46-31-25-40(26-32-46)41-19-20-42-34-51-49-17-9-7-15-47(49)48-16-8-10-18-50(48)52(51)35-43(42)33-41/h1-35H. The summed E-state index contributed by atoms with van der Waals surface area (Å²) in [6, 6.07) is 77.1. The lowest BCUT2D eigenvalue weighted by molar-refractivity contribution is 1.28. The minimum Gasteiger partial charge on any atom is -0.311 e. The van der Waals surface area contributed by atoms with Gasteiger partial charge in [0.05, 0.1) is 0 Å². The summed E-state index contributed by atoms with van der Waals surface area (Å²) in [6.07, 6.45) is 0. The Hall–Kier alpha value is -6.96. The highest BCUT2D eigenvalue weighted by Crippen LogP contribution is 2.40. The Morgan fingerprint density at radius 1 is 0.208 bits per heavy atom. The number of rotatable bonds is 6. The lowest BCUT2D eigenvalue weighted by Crippen LogP contribution is -2.09. The van der Waals surface area contributed by atoms with Crippen LogP contribution in [0.15, 0.2) is 212 Å². The molecule has 0 saturated heterocycles. The first kappa shape index (κ1) is 30.8. The minimum atomic E-state index is 1.11. The molecule has 0 aliphatic heterocycles. The highest BCUT2D eigenvalue weighted by Gasteiger charge is 2.15. The number of hydrogen-bond donors (Lipinski definition) is 0. The maximum absolute atomic E-state index is 2.39. The van der Waals surface area contributed by atoms with E-state index in [-0.39, 0.29) is 0 Å². The zero-order chi connectivity index (χ0) is 35.1. The van der Waals surface area contributed by atoms with E-state index < -0.39 is 0 Å². The molecule has 0 fully saturated rings. The van der Waals surface area contributed by atoms with Crippen LogP contribution in [0.2, 0.25) is 0 Å². The van der Waals surface area contributed by atoms with Gasteiger partial charge in [-0.15, -0.1) is 0 Å². The molecule has 10 rings (SSSR count). The van der Waals surface area contributed by atoms with Crippen LogP contribution in [-0.2, 0) is 0 Å². The molecule has 10 aromatic carbocycles. The first-order chi connectivity index (χ1) is 26.3. The van der Waals surface area contributed by atoms with E-state index in [0.29, 0.717) is 0 Å². The molecule has 0 N–H and O–H groups in total. The Morgan fingerprint density at radius 3 is 0.962 bits per heavy atom. The summed E-state index contributed by atoms with van der Waals surface area (Å²) in [7, 11) is 0. The molecule has 0 spiro atoms. The van der Waals surface area contributed by atoms with Crippen LogP contribution in [0.25, 0.3) is 76.5 Å². The molecule has 0 atom stereocenters. The summed E-state index contributed by atoms with van der Waals surface area (Å²) in [5, 5.41) is 10.3. The molecule has 0 aliphatic carbocycles. The Bertz CT molecular complexity index is 2810. The smallest absolute Gasteiger partial charge is 0.0462 e. The van der Waals surface area contributed by atoms with Gasteiger partial charge in [-0.1, -0.05) is 158 Å².